The second kappa shape index (κ2) is 7.33. The number of nitrogens with zero attached hydrogens (tertiary/aromatic N) is 3. The van der Waals surface area contributed by atoms with Gasteiger partial charge >= 0.3 is 0 Å². The lowest BCUT2D eigenvalue weighted by Crippen LogP contribution is -2.23. The summed E-state index contributed by atoms with van der Waals surface area (Å²) in [7, 11) is 1.84. The smallest absolute Gasteiger partial charge is 0.237 e. The topological polar surface area (TPSA) is 73.0 Å². The second-order valence-electron chi connectivity index (χ2n) is 5.55. The Labute approximate surface area is 154 Å². The molecule has 1 unspecified atom stereocenters. The van der Waals surface area contributed by atoms with Gasteiger partial charge in [0.15, 0.2) is 16.7 Å². The number of hydrogen-bond acceptors (Lipinski definition) is 5. The van der Waals surface area contributed by atoms with Crippen LogP contribution in [0, 0.1) is 6.92 Å². The number of rotatable bonds is 5. The van der Waals surface area contributed by atoms with Gasteiger partial charge in [0.1, 0.15) is 0 Å². The van der Waals surface area contributed by atoms with E-state index < -0.39 is 0 Å². The summed E-state index contributed by atoms with van der Waals surface area (Å²) in [6.07, 6.45) is 1.58. The molecule has 3 aromatic rings. The van der Waals surface area contributed by atoms with E-state index >= 15 is 0 Å². The van der Waals surface area contributed by atoms with Gasteiger partial charge in [0.25, 0.3) is 0 Å². The third-order valence-corrected chi connectivity index (χ3v) is 5.05. The van der Waals surface area contributed by atoms with Crippen molar-refractivity contribution in [3.05, 3.63) is 47.2 Å². The first-order valence-electron chi connectivity index (χ1n) is 7.62. The van der Waals surface area contributed by atoms with Gasteiger partial charge < -0.3 is 14.3 Å². The normalized spacial score (nSPS) is 12.2. The average Bonchev–Trinajstić information content (AvgIpc) is 3.21. The lowest BCUT2D eigenvalue weighted by atomic mass is 10.2. The number of benzene rings is 1. The minimum atomic E-state index is -0.356. The molecule has 25 heavy (non-hydrogen) atoms. The van der Waals surface area contributed by atoms with Crippen LogP contribution in [0.2, 0.25) is 5.02 Å². The number of thioether (sulfide) groups is 1. The van der Waals surface area contributed by atoms with Crippen molar-refractivity contribution >= 4 is 35.0 Å². The van der Waals surface area contributed by atoms with E-state index in [9.17, 15) is 4.79 Å². The molecule has 0 aliphatic rings. The monoisotopic (exact) mass is 376 g/mol. The maximum Gasteiger partial charge on any atom is 0.237 e. The van der Waals surface area contributed by atoms with E-state index in [1.807, 2.05) is 33.0 Å². The highest BCUT2D eigenvalue weighted by Crippen LogP contribution is 2.27. The predicted octanol–water partition coefficient (Wildman–Crippen LogP) is 4.16. The molecule has 1 N–H and O–H groups in total. The number of hydrogen-bond donors (Lipinski definition) is 1. The summed E-state index contributed by atoms with van der Waals surface area (Å²) in [6, 6.07) is 9.01. The van der Waals surface area contributed by atoms with Gasteiger partial charge in [-0.15, -0.1) is 10.2 Å². The molecule has 0 spiro atoms. The number of furan rings is 1. The first-order chi connectivity index (χ1) is 12.0. The van der Waals surface area contributed by atoms with Crippen molar-refractivity contribution < 1.29 is 9.21 Å². The van der Waals surface area contributed by atoms with Crippen molar-refractivity contribution in [2.45, 2.75) is 24.3 Å². The zero-order valence-electron chi connectivity index (χ0n) is 14.0. The number of amides is 1. The van der Waals surface area contributed by atoms with Crippen LogP contribution in [0.4, 0.5) is 5.69 Å². The molecule has 6 nitrogen and oxygen atoms in total. The summed E-state index contributed by atoms with van der Waals surface area (Å²) in [5.74, 6) is 1.12. The van der Waals surface area contributed by atoms with Gasteiger partial charge in [0.05, 0.1) is 11.5 Å². The van der Waals surface area contributed by atoms with Crippen molar-refractivity contribution in [2.24, 2.45) is 7.05 Å². The van der Waals surface area contributed by atoms with Crippen LogP contribution < -0.4 is 5.32 Å². The Balaban J connectivity index is 1.71. The van der Waals surface area contributed by atoms with Gasteiger partial charge in [0, 0.05) is 17.8 Å². The molecule has 0 saturated carbocycles. The highest BCUT2D eigenvalue weighted by molar-refractivity contribution is 8.00. The van der Waals surface area contributed by atoms with E-state index in [0.29, 0.717) is 27.5 Å². The van der Waals surface area contributed by atoms with Gasteiger partial charge in [-0.1, -0.05) is 29.4 Å². The summed E-state index contributed by atoms with van der Waals surface area (Å²) < 4.78 is 7.15. The maximum absolute atomic E-state index is 12.5. The number of halogens is 1. The zero-order chi connectivity index (χ0) is 18.0. The van der Waals surface area contributed by atoms with Crippen LogP contribution in [0.3, 0.4) is 0 Å². The van der Waals surface area contributed by atoms with Crippen molar-refractivity contribution in [3.63, 3.8) is 0 Å². The van der Waals surface area contributed by atoms with Gasteiger partial charge in [-0.25, -0.2) is 0 Å². The van der Waals surface area contributed by atoms with Crippen LogP contribution in [-0.2, 0) is 11.8 Å². The summed E-state index contributed by atoms with van der Waals surface area (Å²) in [5.41, 5.74) is 1.66. The molecule has 2 aromatic heterocycles. The van der Waals surface area contributed by atoms with Crippen molar-refractivity contribution in [1.82, 2.24) is 14.8 Å². The van der Waals surface area contributed by atoms with Crippen LogP contribution in [0.25, 0.3) is 11.6 Å². The Morgan fingerprint density at radius 2 is 2.16 bits per heavy atom. The molecule has 130 valence electrons. The molecule has 1 aromatic carbocycles. The van der Waals surface area contributed by atoms with E-state index in [1.54, 1.807) is 29.0 Å². The van der Waals surface area contributed by atoms with Gasteiger partial charge in [-0.2, -0.15) is 0 Å². The Morgan fingerprint density at radius 1 is 1.36 bits per heavy atom. The molecule has 0 radical (unpaired) electrons. The van der Waals surface area contributed by atoms with Crippen LogP contribution in [0.5, 0.6) is 0 Å². The average molecular weight is 377 g/mol. The number of aromatic nitrogens is 3. The van der Waals surface area contributed by atoms with Crippen LogP contribution in [0.1, 0.15) is 12.5 Å². The molecular weight excluding hydrogens is 360 g/mol. The number of aryl methyl sites for hydroxylation is 1. The van der Waals surface area contributed by atoms with Crippen LogP contribution in [-0.4, -0.2) is 25.9 Å². The molecule has 1 amide bonds. The maximum atomic E-state index is 12.5. The largest absolute Gasteiger partial charge is 0.461 e. The summed E-state index contributed by atoms with van der Waals surface area (Å²) >= 11 is 7.32. The fourth-order valence-electron chi connectivity index (χ4n) is 2.21. The van der Waals surface area contributed by atoms with E-state index in [2.05, 4.69) is 15.5 Å². The Hall–Kier alpha value is -2.25. The molecule has 3 rings (SSSR count). The summed E-state index contributed by atoms with van der Waals surface area (Å²) in [6.45, 7) is 3.74. The Bertz CT molecular complexity index is 892. The number of carbonyl (C=O) groups is 1. The fourth-order valence-corrected chi connectivity index (χ4v) is 3.20. The lowest BCUT2D eigenvalue weighted by molar-refractivity contribution is -0.115. The third-order valence-electron chi connectivity index (χ3n) is 3.69. The van der Waals surface area contributed by atoms with Crippen molar-refractivity contribution in [1.29, 1.82) is 0 Å². The highest BCUT2D eigenvalue weighted by atomic mass is 35.5. The van der Waals surface area contributed by atoms with Gasteiger partial charge in [-0.3, -0.25) is 4.79 Å². The molecule has 0 fully saturated rings. The molecule has 0 aliphatic heterocycles. The molecule has 8 heteroatoms. The second-order valence-corrected chi connectivity index (χ2v) is 7.30. The number of anilines is 1. The van der Waals surface area contributed by atoms with E-state index in [-0.39, 0.29) is 11.2 Å². The predicted molar refractivity (Wildman–Crippen MR) is 98.8 cm³/mol. The van der Waals surface area contributed by atoms with E-state index in [0.717, 1.165) is 5.56 Å². The zero-order valence-corrected chi connectivity index (χ0v) is 15.6. The minimum absolute atomic E-state index is 0.127. The van der Waals surface area contributed by atoms with E-state index in [1.165, 1.54) is 11.8 Å². The lowest BCUT2D eigenvalue weighted by Gasteiger charge is -2.13. The Kier molecular flexibility index (Phi) is 5.15. The summed E-state index contributed by atoms with van der Waals surface area (Å²) in [4.78, 5) is 12.5. The quantitative estimate of drug-likeness (QED) is 0.677. The fraction of sp³-hybridized carbons (Fsp3) is 0.235. The standard InChI is InChI=1S/C17H17ClN4O2S/c1-10-6-7-12(18)9-13(10)19-16(23)11(2)25-17-21-20-15(22(17)3)14-5-4-8-24-14/h4-9,11H,1-3H3,(H,19,23). The number of carbonyl (C=O) groups excluding carboxylic acids is 1. The summed E-state index contributed by atoms with van der Waals surface area (Å²) in [5, 5.41) is 12.0. The third kappa shape index (κ3) is 3.88. The van der Waals surface area contributed by atoms with Crippen LogP contribution in [0.15, 0.2) is 46.2 Å². The first kappa shape index (κ1) is 17.6. The van der Waals surface area contributed by atoms with Crippen molar-refractivity contribution in [3.8, 4) is 11.6 Å². The van der Waals surface area contributed by atoms with Gasteiger partial charge in [0.2, 0.25) is 5.91 Å². The molecule has 1 atom stereocenters. The highest BCUT2D eigenvalue weighted by Gasteiger charge is 2.20. The van der Waals surface area contributed by atoms with Gasteiger partial charge in [-0.05, 0) is 43.7 Å². The van der Waals surface area contributed by atoms with E-state index in [4.69, 9.17) is 16.0 Å². The first-order valence-corrected chi connectivity index (χ1v) is 8.88. The minimum Gasteiger partial charge on any atom is -0.461 e. The van der Waals surface area contributed by atoms with Crippen LogP contribution >= 0.6 is 23.4 Å². The SMILES string of the molecule is Cc1ccc(Cl)cc1NC(=O)C(C)Sc1nnc(-c2ccco2)n1C. The molecule has 0 aliphatic carbocycles. The Morgan fingerprint density at radius 3 is 2.88 bits per heavy atom. The molecule has 0 bridgehead atoms. The van der Waals surface area contributed by atoms with Crippen molar-refractivity contribution in [2.75, 3.05) is 5.32 Å². The molecule has 0 saturated heterocycles. The molecule has 2 heterocycles. The number of nitrogens with one attached hydrogen (secondary N) is 1. The molecular formula is C17H17ClN4O2S.